The summed E-state index contributed by atoms with van der Waals surface area (Å²) in [6, 6.07) is 14.7. The number of hydrogen-bond donors (Lipinski definition) is 1. The Hall–Kier alpha value is -1.78. The highest BCUT2D eigenvalue weighted by atomic mass is 79.9. The first-order chi connectivity index (χ1) is 15.4. The number of benzene rings is 2. The molecule has 9 heteroatoms. The number of halogens is 1. The molecule has 7 nitrogen and oxygen atoms in total. The van der Waals surface area contributed by atoms with E-state index in [1.54, 1.807) is 24.3 Å². The van der Waals surface area contributed by atoms with Gasteiger partial charge in [0.25, 0.3) is 0 Å². The molecule has 1 unspecified atom stereocenters. The van der Waals surface area contributed by atoms with Gasteiger partial charge in [-0.1, -0.05) is 28.1 Å². The van der Waals surface area contributed by atoms with Crippen molar-refractivity contribution in [3.8, 4) is 0 Å². The number of nitrogens with one attached hydrogen (secondary N) is 1. The number of anilines is 1. The van der Waals surface area contributed by atoms with Crippen molar-refractivity contribution in [1.82, 2.24) is 9.21 Å². The molecule has 1 atom stereocenters. The number of rotatable bonds is 6. The Morgan fingerprint density at radius 3 is 2.41 bits per heavy atom. The summed E-state index contributed by atoms with van der Waals surface area (Å²) in [5, 5.41) is 2.96. The molecule has 2 heterocycles. The number of carbonyl (C=O) groups is 1. The molecule has 2 aromatic rings. The fourth-order valence-electron chi connectivity index (χ4n) is 4.15. The van der Waals surface area contributed by atoms with E-state index in [1.807, 2.05) is 12.1 Å². The molecule has 2 fully saturated rings. The van der Waals surface area contributed by atoms with E-state index < -0.39 is 10.0 Å². The normalized spacial score (nSPS) is 20.7. The second kappa shape index (κ2) is 10.4. The molecule has 172 valence electrons. The van der Waals surface area contributed by atoms with Gasteiger partial charge >= 0.3 is 0 Å². The smallest absolute Gasteiger partial charge is 0.243 e. The third kappa shape index (κ3) is 5.77. The molecule has 2 aliphatic rings. The maximum atomic E-state index is 12.9. The van der Waals surface area contributed by atoms with Crippen LogP contribution in [0.1, 0.15) is 18.4 Å². The van der Waals surface area contributed by atoms with E-state index in [1.165, 1.54) is 9.87 Å². The standard InChI is InChI=1S/C23H28BrN3O4S/c24-20-5-3-18(4-6-20)16-26-11-1-2-19(17-26)23(28)25-21-7-9-22(10-8-21)32(29,30)27-12-14-31-15-13-27/h3-10,19H,1-2,11-17H2,(H,25,28). The number of likely N-dealkylation sites (tertiary alicyclic amines) is 1. The van der Waals surface area contributed by atoms with Crippen LogP contribution in [0.5, 0.6) is 0 Å². The Balaban J connectivity index is 1.34. The molecular weight excluding hydrogens is 494 g/mol. The van der Waals surface area contributed by atoms with Gasteiger partial charge in [0.1, 0.15) is 0 Å². The molecule has 0 radical (unpaired) electrons. The molecule has 2 aliphatic heterocycles. The van der Waals surface area contributed by atoms with Crippen molar-refractivity contribution in [3.63, 3.8) is 0 Å². The van der Waals surface area contributed by atoms with Crippen molar-refractivity contribution >= 4 is 37.5 Å². The highest BCUT2D eigenvalue weighted by molar-refractivity contribution is 9.10. The molecule has 0 saturated carbocycles. The third-order valence-electron chi connectivity index (χ3n) is 5.93. The predicted octanol–water partition coefficient (Wildman–Crippen LogP) is 3.32. The van der Waals surface area contributed by atoms with Crippen molar-refractivity contribution in [1.29, 1.82) is 0 Å². The van der Waals surface area contributed by atoms with Crippen LogP contribution in [-0.2, 0) is 26.1 Å². The van der Waals surface area contributed by atoms with Crippen LogP contribution in [0.25, 0.3) is 0 Å². The van der Waals surface area contributed by atoms with E-state index in [4.69, 9.17) is 4.74 Å². The maximum Gasteiger partial charge on any atom is 0.243 e. The van der Waals surface area contributed by atoms with Gasteiger partial charge in [-0.05, 0) is 61.3 Å². The van der Waals surface area contributed by atoms with Crippen LogP contribution in [0.4, 0.5) is 5.69 Å². The number of amides is 1. The number of sulfonamides is 1. The number of carbonyl (C=O) groups excluding carboxylic acids is 1. The van der Waals surface area contributed by atoms with Crippen LogP contribution in [-0.4, -0.2) is 62.9 Å². The van der Waals surface area contributed by atoms with Crippen LogP contribution in [0, 0.1) is 5.92 Å². The van der Waals surface area contributed by atoms with Gasteiger partial charge in [0.05, 0.1) is 24.0 Å². The molecule has 0 aliphatic carbocycles. The minimum atomic E-state index is -3.54. The zero-order chi connectivity index (χ0) is 22.6. The Morgan fingerprint density at radius 2 is 1.72 bits per heavy atom. The summed E-state index contributed by atoms with van der Waals surface area (Å²) < 4.78 is 33.2. The first-order valence-electron chi connectivity index (χ1n) is 10.9. The van der Waals surface area contributed by atoms with Crippen molar-refractivity contribution in [2.75, 3.05) is 44.7 Å². The fraction of sp³-hybridized carbons (Fsp3) is 0.435. The van der Waals surface area contributed by atoms with Crippen LogP contribution in [0.15, 0.2) is 57.9 Å². The van der Waals surface area contributed by atoms with E-state index in [-0.39, 0.29) is 16.7 Å². The SMILES string of the molecule is O=C(Nc1ccc(S(=O)(=O)N2CCOCC2)cc1)C1CCCN(Cc2ccc(Br)cc2)C1. The van der Waals surface area contributed by atoms with Gasteiger partial charge in [0.2, 0.25) is 15.9 Å². The van der Waals surface area contributed by atoms with Crippen LogP contribution in [0.2, 0.25) is 0 Å². The lowest BCUT2D eigenvalue weighted by Gasteiger charge is -2.32. The first-order valence-corrected chi connectivity index (χ1v) is 13.1. The Bertz CT molecular complexity index is 1020. The van der Waals surface area contributed by atoms with Crippen molar-refractivity contribution in [2.45, 2.75) is 24.3 Å². The molecule has 1 amide bonds. The summed E-state index contributed by atoms with van der Waals surface area (Å²) in [6.45, 7) is 4.06. The molecule has 2 saturated heterocycles. The lowest BCUT2D eigenvalue weighted by atomic mass is 9.96. The Labute approximate surface area is 197 Å². The van der Waals surface area contributed by atoms with Crippen molar-refractivity contribution in [2.24, 2.45) is 5.92 Å². The average molecular weight is 522 g/mol. The largest absolute Gasteiger partial charge is 0.379 e. The second-order valence-electron chi connectivity index (χ2n) is 8.23. The Morgan fingerprint density at radius 1 is 1.03 bits per heavy atom. The van der Waals surface area contributed by atoms with Gasteiger partial charge in [-0.15, -0.1) is 0 Å². The van der Waals surface area contributed by atoms with Crippen molar-refractivity contribution in [3.05, 3.63) is 58.6 Å². The molecule has 2 aromatic carbocycles. The average Bonchev–Trinajstić information content (AvgIpc) is 2.82. The summed E-state index contributed by atoms with van der Waals surface area (Å²) in [7, 11) is -3.54. The summed E-state index contributed by atoms with van der Waals surface area (Å²) in [4.78, 5) is 15.4. The maximum absolute atomic E-state index is 12.9. The van der Waals surface area contributed by atoms with Gasteiger partial charge in [-0.3, -0.25) is 9.69 Å². The molecule has 32 heavy (non-hydrogen) atoms. The number of piperidine rings is 1. The van der Waals surface area contributed by atoms with Gasteiger partial charge in [-0.25, -0.2) is 8.42 Å². The van der Waals surface area contributed by atoms with Crippen LogP contribution < -0.4 is 5.32 Å². The third-order valence-corrected chi connectivity index (χ3v) is 8.37. The summed E-state index contributed by atoms with van der Waals surface area (Å²) >= 11 is 3.46. The molecule has 0 bridgehead atoms. The van der Waals surface area contributed by atoms with E-state index >= 15 is 0 Å². The fourth-order valence-corrected chi connectivity index (χ4v) is 5.82. The number of morpholine rings is 1. The van der Waals surface area contributed by atoms with E-state index in [2.05, 4.69) is 38.3 Å². The molecule has 0 spiro atoms. The number of nitrogens with zero attached hydrogens (tertiary/aromatic N) is 2. The molecule has 1 N–H and O–H groups in total. The lowest BCUT2D eigenvalue weighted by molar-refractivity contribution is -0.121. The number of hydrogen-bond acceptors (Lipinski definition) is 5. The second-order valence-corrected chi connectivity index (χ2v) is 11.1. The van der Waals surface area contributed by atoms with Crippen LogP contribution in [0.3, 0.4) is 0 Å². The lowest BCUT2D eigenvalue weighted by Crippen LogP contribution is -2.40. The zero-order valence-electron chi connectivity index (χ0n) is 17.9. The summed E-state index contributed by atoms with van der Waals surface area (Å²) in [6.07, 6.45) is 1.83. The zero-order valence-corrected chi connectivity index (χ0v) is 20.3. The molecule has 4 rings (SSSR count). The van der Waals surface area contributed by atoms with E-state index in [0.717, 1.165) is 30.4 Å². The highest BCUT2D eigenvalue weighted by Gasteiger charge is 2.27. The number of ether oxygens (including phenoxy) is 1. The molecule has 0 aromatic heterocycles. The van der Waals surface area contributed by atoms with Gasteiger partial charge in [0, 0.05) is 36.3 Å². The van der Waals surface area contributed by atoms with E-state index in [9.17, 15) is 13.2 Å². The highest BCUT2D eigenvalue weighted by Crippen LogP contribution is 2.23. The van der Waals surface area contributed by atoms with Gasteiger partial charge in [0.15, 0.2) is 0 Å². The van der Waals surface area contributed by atoms with Gasteiger partial charge in [-0.2, -0.15) is 4.31 Å². The minimum absolute atomic E-state index is 0.0192. The van der Waals surface area contributed by atoms with Crippen molar-refractivity contribution < 1.29 is 17.9 Å². The summed E-state index contributed by atoms with van der Waals surface area (Å²) in [5.74, 6) is -0.106. The minimum Gasteiger partial charge on any atom is -0.379 e. The van der Waals surface area contributed by atoms with E-state index in [0.29, 0.717) is 38.5 Å². The Kier molecular flexibility index (Phi) is 7.63. The monoisotopic (exact) mass is 521 g/mol. The topological polar surface area (TPSA) is 79.0 Å². The predicted molar refractivity (Wildman–Crippen MR) is 127 cm³/mol. The van der Waals surface area contributed by atoms with Gasteiger partial charge < -0.3 is 10.1 Å². The molecular formula is C23H28BrN3O4S. The van der Waals surface area contributed by atoms with Crippen LogP contribution >= 0.6 is 15.9 Å². The first kappa shape index (κ1) is 23.4. The summed E-state index contributed by atoms with van der Waals surface area (Å²) in [5.41, 5.74) is 1.84. The quantitative estimate of drug-likeness (QED) is 0.630.